The molecule has 0 saturated heterocycles. The van der Waals surface area contributed by atoms with Gasteiger partial charge in [0.05, 0.1) is 5.56 Å². The highest BCUT2D eigenvalue weighted by Gasteiger charge is 2.15. The lowest BCUT2D eigenvalue weighted by Crippen LogP contribution is -2.16. The number of hydrogen-bond donors (Lipinski definition) is 3. The summed E-state index contributed by atoms with van der Waals surface area (Å²) >= 11 is 0. The summed E-state index contributed by atoms with van der Waals surface area (Å²) in [4.78, 5) is 25.0. The number of rotatable bonds is 4. The third-order valence-corrected chi connectivity index (χ3v) is 4.06. The van der Waals surface area contributed by atoms with Gasteiger partial charge in [0, 0.05) is 16.9 Å². The largest absolute Gasteiger partial charge is 0.507 e. The third-order valence-electron chi connectivity index (χ3n) is 4.06. The Kier molecular flexibility index (Phi) is 5.22. The molecule has 3 rings (SSSR count). The minimum absolute atomic E-state index is 0.0356. The highest BCUT2D eigenvalue weighted by atomic mass is 16.3. The van der Waals surface area contributed by atoms with Crippen LogP contribution in [0.3, 0.4) is 0 Å². The number of anilines is 2. The summed E-state index contributed by atoms with van der Waals surface area (Å²) in [5.74, 6) is -1.03. The molecule has 136 valence electrons. The van der Waals surface area contributed by atoms with E-state index < -0.39 is 5.91 Å². The van der Waals surface area contributed by atoms with E-state index in [1.165, 1.54) is 18.2 Å². The van der Waals surface area contributed by atoms with E-state index in [0.717, 1.165) is 11.1 Å². The van der Waals surface area contributed by atoms with Gasteiger partial charge in [0.25, 0.3) is 11.8 Å². The van der Waals surface area contributed by atoms with Crippen molar-refractivity contribution in [2.24, 2.45) is 0 Å². The van der Waals surface area contributed by atoms with Crippen LogP contribution in [0.2, 0.25) is 0 Å². The van der Waals surface area contributed by atoms with Gasteiger partial charge in [0.2, 0.25) is 0 Å². The van der Waals surface area contributed by atoms with Crippen molar-refractivity contribution in [3.63, 3.8) is 0 Å². The molecule has 3 aromatic carbocycles. The van der Waals surface area contributed by atoms with E-state index >= 15 is 0 Å². The molecule has 0 fully saturated rings. The first kappa shape index (κ1) is 18.2. The number of hydrogen-bond acceptors (Lipinski definition) is 3. The number of benzene rings is 3. The summed E-state index contributed by atoms with van der Waals surface area (Å²) in [5.41, 5.74) is 3.63. The lowest BCUT2D eigenvalue weighted by molar-refractivity contribution is 0.102. The van der Waals surface area contributed by atoms with Gasteiger partial charge < -0.3 is 15.7 Å². The third kappa shape index (κ3) is 4.52. The fourth-order valence-corrected chi connectivity index (χ4v) is 2.71. The number of amides is 2. The zero-order valence-corrected chi connectivity index (χ0v) is 15.1. The average molecular weight is 360 g/mol. The van der Waals surface area contributed by atoms with Crippen molar-refractivity contribution in [2.45, 2.75) is 13.8 Å². The van der Waals surface area contributed by atoms with E-state index in [9.17, 15) is 14.7 Å². The van der Waals surface area contributed by atoms with Gasteiger partial charge >= 0.3 is 0 Å². The predicted octanol–water partition coefficient (Wildman–Crippen LogP) is 4.51. The number of nitrogens with one attached hydrogen (secondary N) is 2. The number of phenolic OH excluding ortho intramolecular Hbond substituents is 1. The molecule has 0 bridgehead atoms. The van der Waals surface area contributed by atoms with Crippen molar-refractivity contribution in [3.05, 3.63) is 89.0 Å². The Morgan fingerprint density at radius 1 is 0.741 bits per heavy atom. The maximum Gasteiger partial charge on any atom is 0.259 e. The Morgan fingerprint density at radius 3 is 1.85 bits per heavy atom. The van der Waals surface area contributed by atoms with E-state index in [4.69, 9.17) is 0 Å². The van der Waals surface area contributed by atoms with Crippen LogP contribution in [0.5, 0.6) is 5.75 Å². The van der Waals surface area contributed by atoms with Gasteiger partial charge in [-0.25, -0.2) is 0 Å². The van der Waals surface area contributed by atoms with Gasteiger partial charge in [-0.05, 0) is 67.4 Å². The lowest BCUT2D eigenvalue weighted by Gasteiger charge is -2.10. The molecule has 5 heteroatoms. The molecule has 3 aromatic rings. The van der Waals surface area contributed by atoms with Gasteiger partial charge in [-0.15, -0.1) is 0 Å². The van der Waals surface area contributed by atoms with Gasteiger partial charge in [0.15, 0.2) is 0 Å². The normalized spacial score (nSPS) is 10.3. The second-order valence-electron chi connectivity index (χ2n) is 6.38. The van der Waals surface area contributed by atoms with E-state index in [1.807, 2.05) is 50.2 Å². The van der Waals surface area contributed by atoms with Crippen LogP contribution >= 0.6 is 0 Å². The lowest BCUT2D eigenvalue weighted by atomic mass is 10.1. The Morgan fingerprint density at radius 2 is 1.30 bits per heavy atom. The van der Waals surface area contributed by atoms with Crippen LogP contribution in [0.25, 0.3) is 0 Å². The maximum absolute atomic E-state index is 12.5. The van der Waals surface area contributed by atoms with Crippen LogP contribution in [-0.2, 0) is 0 Å². The molecule has 0 spiro atoms. The second kappa shape index (κ2) is 7.74. The number of aryl methyl sites for hydroxylation is 2. The SMILES string of the molecule is Cc1cccc(NC(=O)c2ccc(O)c(C(=O)Nc3cccc(C)c3)c2)c1. The highest BCUT2D eigenvalue weighted by molar-refractivity contribution is 6.10. The molecular weight excluding hydrogens is 340 g/mol. The van der Waals surface area contributed by atoms with Crippen LogP contribution in [-0.4, -0.2) is 16.9 Å². The molecule has 2 amide bonds. The summed E-state index contributed by atoms with van der Waals surface area (Å²) in [6.07, 6.45) is 0. The fourth-order valence-electron chi connectivity index (χ4n) is 2.71. The van der Waals surface area contributed by atoms with Crippen molar-refractivity contribution in [1.82, 2.24) is 0 Å². The fraction of sp³-hybridized carbons (Fsp3) is 0.0909. The first-order chi connectivity index (χ1) is 12.9. The molecule has 0 atom stereocenters. The Balaban J connectivity index is 1.81. The molecule has 0 aromatic heterocycles. The van der Waals surface area contributed by atoms with Crippen molar-refractivity contribution < 1.29 is 14.7 Å². The van der Waals surface area contributed by atoms with E-state index in [2.05, 4.69) is 10.6 Å². The first-order valence-corrected chi connectivity index (χ1v) is 8.51. The second-order valence-corrected chi connectivity index (χ2v) is 6.38. The minimum atomic E-state index is -0.483. The van der Waals surface area contributed by atoms with Crippen molar-refractivity contribution in [1.29, 1.82) is 0 Å². The molecule has 0 aliphatic rings. The molecule has 0 aliphatic heterocycles. The van der Waals surface area contributed by atoms with Gasteiger partial charge in [0.1, 0.15) is 5.75 Å². The summed E-state index contributed by atoms with van der Waals surface area (Å²) in [6.45, 7) is 3.85. The molecule has 0 aliphatic carbocycles. The zero-order valence-electron chi connectivity index (χ0n) is 15.1. The van der Waals surface area contributed by atoms with Crippen molar-refractivity contribution >= 4 is 23.2 Å². The van der Waals surface area contributed by atoms with Gasteiger partial charge in [-0.2, -0.15) is 0 Å². The summed E-state index contributed by atoms with van der Waals surface area (Å²) < 4.78 is 0. The van der Waals surface area contributed by atoms with E-state index in [0.29, 0.717) is 11.4 Å². The molecule has 5 nitrogen and oxygen atoms in total. The standard InChI is InChI=1S/C22H20N2O3/c1-14-5-3-7-17(11-14)23-21(26)16-9-10-20(25)19(13-16)22(27)24-18-8-4-6-15(2)12-18/h3-13,25H,1-2H3,(H,23,26)(H,24,27). The molecule has 3 N–H and O–H groups in total. The van der Waals surface area contributed by atoms with Crippen LogP contribution < -0.4 is 10.6 Å². The molecule has 0 radical (unpaired) electrons. The monoisotopic (exact) mass is 360 g/mol. The van der Waals surface area contributed by atoms with E-state index in [-0.39, 0.29) is 22.8 Å². The molecule has 0 heterocycles. The smallest absolute Gasteiger partial charge is 0.259 e. The minimum Gasteiger partial charge on any atom is -0.507 e. The Hall–Kier alpha value is -3.60. The van der Waals surface area contributed by atoms with Gasteiger partial charge in [-0.1, -0.05) is 24.3 Å². The highest BCUT2D eigenvalue weighted by Crippen LogP contribution is 2.21. The summed E-state index contributed by atoms with van der Waals surface area (Å²) in [6, 6.07) is 19.0. The molecule has 0 unspecified atom stereocenters. The maximum atomic E-state index is 12.5. The average Bonchev–Trinajstić information content (AvgIpc) is 2.62. The summed E-state index contributed by atoms with van der Waals surface area (Å²) in [5, 5.41) is 15.6. The molecule has 27 heavy (non-hydrogen) atoms. The van der Waals surface area contributed by atoms with Crippen LogP contribution in [0, 0.1) is 13.8 Å². The Bertz CT molecular complexity index is 1010. The predicted molar refractivity (Wildman–Crippen MR) is 106 cm³/mol. The topological polar surface area (TPSA) is 78.4 Å². The summed E-state index contributed by atoms with van der Waals surface area (Å²) in [7, 11) is 0. The molecule has 0 saturated carbocycles. The molecular formula is C22H20N2O3. The zero-order chi connectivity index (χ0) is 19.4. The Labute approximate surface area is 157 Å². The van der Waals surface area contributed by atoms with Crippen LogP contribution in [0.15, 0.2) is 66.7 Å². The first-order valence-electron chi connectivity index (χ1n) is 8.51. The number of carbonyl (C=O) groups excluding carboxylic acids is 2. The number of phenols is 1. The van der Waals surface area contributed by atoms with Crippen molar-refractivity contribution in [2.75, 3.05) is 10.6 Å². The number of aromatic hydroxyl groups is 1. The van der Waals surface area contributed by atoms with Gasteiger partial charge in [-0.3, -0.25) is 9.59 Å². The van der Waals surface area contributed by atoms with Crippen LogP contribution in [0.1, 0.15) is 31.8 Å². The quantitative estimate of drug-likeness (QED) is 0.640. The van der Waals surface area contributed by atoms with E-state index in [1.54, 1.807) is 12.1 Å². The van der Waals surface area contributed by atoms with Crippen LogP contribution in [0.4, 0.5) is 11.4 Å². The number of carbonyl (C=O) groups is 2. The van der Waals surface area contributed by atoms with Crippen molar-refractivity contribution in [3.8, 4) is 5.75 Å².